The molecule has 1 fully saturated rings. The Kier molecular flexibility index (Phi) is 1.90. The van der Waals surface area contributed by atoms with Crippen molar-refractivity contribution in [3.63, 3.8) is 0 Å². The van der Waals surface area contributed by atoms with Crippen molar-refractivity contribution in [2.24, 2.45) is 0 Å². The van der Waals surface area contributed by atoms with Crippen molar-refractivity contribution in [3.05, 3.63) is 16.1 Å². The van der Waals surface area contributed by atoms with Gasteiger partial charge in [-0.25, -0.2) is 4.98 Å². The summed E-state index contributed by atoms with van der Waals surface area (Å²) in [4.78, 5) is 5.42. The summed E-state index contributed by atoms with van der Waals surface area (Å²) in [5, 5.41) is 0.914. The van der Waals surface area contributed by atoms with Crippen molar-refractivity contribution in [1.82, 2.24) is 4.98 Å². The number of hydrogen-bond donors (Lipinski definition) is 0. The van der Waals surface area contributed by atoms with E-state index in [1.54, 1.807) is 11.3 Å². The zero-order valence-electron chi connectivity index (χ0n) is 7.16. The Bertz CT molecular complexity index is 278. The minimum absolute atomic E-state index is 0.584. The molecule has 66 valence electrons. The van der Waals surface area contributed by atoms with E-state index in [4.69, 9.17) is 9.47 Å². The molecule has 2 rings (SSSR count). The molecule has 1 aliphatic heterocycles. The van der Waals surface area contributed by atoms with Gasteiger partial charge in [0.25, 0.3) is 0 Å². The zero-order chi connectivity index (χ0) is 8.60. The number of thiazole rings is 1. The number of hydrogen-bond acceptors (Lipinski definition) is 4. The van der Waals surface area contributed by atoms with Gasteiger partial charge in [0.2, 0.25) is 5.79 Å². The van der Waals surface area contributed by atoms with Crippen LogP contribution in [0.1, 0.15) is 16.8 Å². The standard InChI is InChI=1S/C8H11NO2S/c1-6-5-9-7(12-6)8(2)10-3-4-11-8/h5H,3-4H2,1-2H3. The maximum atomic E-state index is 5.47. The molecular weight excluding hydrogens is 174 g/mol. The number of aryl methyl sites for hydroxylation is 1. The largest absolute Gasteiger partial charge is 0.342 e. The number of rotatable bonds is 1. The van der Waals surface area contributed by atoms with E-state index in [1.165, 1.54) is 4.88 Å². The molecule has 0 aliphatic carbocycles. The lowest BCUT2D eigenvalue weighted by atomic mass is 10.3. The summed E-state index contributed by atoms with van der Waals surface area (Å²) in [6.45, 7) is 5.27. The van der Waals surface area contributed by atoms with Gasteiger partial charge in [0.05, 0.1) is 13.2 Å². The number of nitrogens with zero attached hydrogens (tertiary/aromatic N) is 1. The monoisotopic (exact) mass is 185 g/mol. The van der Waals surface area contributed by atoms with Crippen LogP contribution in [-0.4, -0.2) is 18.2 Å². The fraction of sp³-hybridized carbons (Fsp3) is 0.625. The molecule has 0 saturated carbocycles. The number of ether oxygens (including phenoxy) is 2. The molecule has 1 aromatic rings. The van der Waals surface area contributed by atoms with E-state index < -0.39 is 5.79 Å². The Morgan fingerprint density at radius 2 is 2.17 bits per heavy atom. The van der Waals surface area contributed by atoms with Gasteiger partial charge in [-0.15, -0.1) is 11.3 Å². The first-order valence-corrected chi connectivity index (χ1v) is 4.73. The van der Waals surface area contributed by atoms with Gasteiger partial charge in [0, 0.05) is 11.1 Å². The van der Waals surface area contributed by atoms with Crippen LogP contribution in [0.4, 0.5) is 0 Å². The van der Waals surface area contributed by atoms with Crippen LogP contribution in [-0.2, 0) is 15.3 Å². The lowest BCUT2D eigenvalue weighted by Gasteiger charge is -2.18. The fourth-order valence-electron chi connectivity index (χ4n) is 1.20. The smallest absolute Gasteiger partial charge is 0.219 e. The average molecular weight is 185 g/mol. The molecule has 12 heavy (non-hydrogen) atoms. The molecule has 0 N–H and O–H groups in total. The Morgan fingerprint density at radius 3 is 2.67 bits per heavy atom. The molecule has 4 heteroatoms. The second kappa shape index (κ2) is 2.80. The van der Waals surface area contributed by atoms with E-state index in [0.29, 0.717) is 13.2 Å². The van der Waals surface area contributed by atoms with Crippen LogP contribution in [0.15, 0.2) is 6.20 Å². The third kappa shape index (κ3) is 1.26. The molecule has 0 atom stereocenters. The Morgan fingerprint density at radius 1 is 1.50 bits per heavy atom. The second-order valence-corrected chi connectivity index (χ2v) is 4.15. The quantitative estimate of drug-likeness (QED) is 0.667. The molecule has 0 bridgehead atoms. The zero-order valence-corrected chi connectivity index (χ0v) is 7.98. The fourth-order valence-corrected chi connectivity index (χ4v) is 2.02. The summed E-state index contributed by atoms with van der Waals surface area (Å²) in [6.07, 6.45) is 1.84. The maximum Gasteiger partial charge on any atom is 0.219 e. The third-order valence-corrected chi connectivity index (χ3v) is 2.95. The van der Waals surface area contributed by atoms with Crippen LogP contribution in [0, 0.1) is 6.92 Å². The summed E-state index contributed by atoms with van der Waals surface area (Å²) in [5.41, 5.74) is 0. The van der Waals surface area contributed by atoms with Crippen molar-refractivity contribution in [2.45, 2.75) is 19.6 Å². The van der Waals surface area contributed by atoms with E-state index >= 15 is 0 Å². The first-order chi connectivity index (χ1) is 5.71. The summed E-state index contributed by atoms with van der Waals surface area (Å²) >= 11 is 1.62. The van der Waals surface area contributed by atoms with Crippen molar-refractivity contribution in [2.75, 3.05) is 13.2 Å². The van der Waals surface area contributed by atoms with Gasteiger partial charge in [-0.05, 0) is 13.8 Å². The molecule has 1 saturated heterocycles. The minimum Gasteiger partial charge on any atom is -0.342 e. The summed E-state index contributed by atoms with van der Waals surface area (Å²) in [5.74, 6) is -0.584. The SMILES string of the molecule is Cc1cnc(C2(C)OCCO2)s1. The van der Waals surface area contributed by atoms with Crippen molar-refractivity contribution < 1.29 is 9.47 Å². The highest BCUT2D eigenvalue weighted by Crippen LogP contribution is 2.33. The van der Waals surface area contributed by atoms with Crippen LogP contribution in [0.25, 0.3) is 0 Å². The van der Waals surface area contributed by atoms with E-state index in [-0.39, 0.29) is 0 Å². The van der Waals surface area contributed by atoms with Gasteiger partial charge in [0.1, 0.15) is 0 Å². The highest BCUT2D eigenvalue weighted by atomic mass is 32.1. The predicted molar refractivity (Wildman–Crippen MR) is 46.1 cm³/mol. The van der Waals surface area contributed by atoms with E-state index in [9.17, 15) is 0 Å². The molecule has 0 amide bonds. The van der Waals surface area contributed by atoms with Crippen LogP contribution < -0.4 is 0 Å². The van der Waals surface area contributed by atoms with Crippen LogP contribution >= 0.6 is 11.3 Å². The second-order valence-electron chi connectivity index (χ2n) is 2.92. The first-order valence-electron chi connectivity index (χ1n) is 3.91. The Hall–Kier alpha value is -0.450. The lowest BCUT2D eigenvalue weighted by Crippen LogP contribution is -2.21. The lowest BCUT2D eigenvalue weighted by molar-refractivity contribution is -0.149. The number of aromatic nitrogens is 1. The molecular formula is C8H11NO2S. The topological polar surface area (TPSA) is 31.4 Å². The van der Waals surface area contributed by atoms with Gasteiger partial charge in [-0.2, -0.15) is 0 Å². The van der Waals surface area contributed by atoms with Crippen molar-refractivity contribution in [3.8, 4) is 0 Å². The highest BCUT2D eigenvalue weighted by molar-refractivity contribution is 7.11. The predicted octanol–water partition coefficient (Wildman–Crippen LogP) is 1.67. The van der Waals surface area contributed by atoms with Gasteiger partial charge in [0.15, 0.2) is 5.01 Å². The van der Waals surface area contributed by atoms with Crippen LogP contribution in [0.2, 0.25) is 0 Å². The minimum atomic E-state index is -0.584. The third-order valence-electron chi connectivity index (χ3n) is 1.85. The van der Waals surface area contributed by atoms with E-state index in [1.807, 2.05) is 20.0 Å². The van der Waals surface area contributed by atoms with E-state index in [2.05, 4.69) is 4.98 Å². The molecule has 0 radical (unpaired) electrons. The van der Waals surface area contributed by atoms with Crippen LogP contribution in [0.5, 0.6) is 0 Å². The molecule has 1 aromatic heterocycles. The highest BCUT2D eigenvalue weighted by Gasteiger charge is 2.35. The molecule has 0 spiro atoms. The Balaban J connectivity index is 2.28. The normalized spacial score (nSPS) is 21.5. The molecule has 1 aliphatic rings. The van der Waals surface area contributed by atoms with Gasteiger partial charge in [-0.1, -0.05) is 0 Å². The molecule has 3 nitrogen and oxygen atoms in total. The molecule has 2 heterocycles. The van der Waals surface area contributed by atoms with Gasteiger partial charge < -0.3 is 9.47 Å². The van der Waals surface area contributed by atoms with Crippen molar-refractivity contribution >= 4 is 11.3 Å². The summed E-state index contributed by atoms with van der Waals surface area (Å²) in [7, 11) is 0. The van der Waals surface area contributed by atoms with Gasteiger partial charge in [-0.3, -0.25) is 0 Å². The Labute approximate surface area is 75.3 Å². The molecule has 0 aromatic carbocycles. The summed E-state index contributed by atoms with van der Waals surface area (Å²) in [6, 6.07) is 0. The molecule has 0 unspecified atom stereocenters. The van der Waals surface area contributed by atoms with E-state index in [0.717, 1.165) is 5.01 Å². The maximum absolute atomic E-state index is 5.47. The summed E-state index contributed by atoms with van der Waals surface area (Å²) < 4.78 is 10.9. The van der Waals surface area contributed by atoms with Gasteiger partial charge >= 0.3 is 0 Å². The average Bonchev–Trinajstić information content (AvgIpc) is 2.59. The van der Waals surface area contributed by atoms with Crippen molar-refractivity contribution in [1.29, 1.82) is 0 Å². The van der Waals surface area contributed by atoms with Crippen LogP contribution in [0.3, 0.4) is 0 Å². The first kappa shape index (κ1) is 8.16.